The maximum atomic E-state index is 12.6. The summed E-state index contributed by atoms with van der Waals surface area (Å²) in [6, 6.07) is 4.59. The van der Waals surface area contributed by atoms with Crippen LogP contribution in [0.15, 0.2) is 41.3 Å². The van der Waals surface area contributed by atoms with Crippen LogP contribution < -0.4 is 5.32 Å². The van der Waals surface area contributed by atoms with Gasteiger partial charge in [-0.05, 0) is 30.2 Å². The molecule has 1 aromatic carbocycles. The molecular weight excluding hydrogens is 331 g/mol. The van der Waals surface area contributed by atoms with Crippen molar-refractivity contribution < 1.29 is 26.4 Å². The van der Waals surface area contributed by atoms with Crippen molar-refractivity contribution in [3.63, 3.8) is 0 Å². The van der Waals surface area contributed by atoms with Gasteiger partial charge < -0.3 is 5.32 Å². The van der Waals surface area contributed by atoms with Gasteiger partial charge in [-0.3, -0.25) is 4.79 Å². The van der Waals surface area contributed by atoms with E-state index in [1.165, 1.54) is 24.3 Å². The minimum absolute atomic E-state index is 0.144. The summed E-state index contributed by atoms with van der Waals surface area (Å²) >= 11 is 0. The first-order valence-corrected chi connectivity index (χ1v) is 8.42. The monoisotopic (exact) mass is 345 g/mol. The first-order valence-electron chi connectivity index (χ1n) is 6.77. The van der Waals surface area contributed by atoms with E-state index in [0.29, 0.717) is 6.42 Å². The Kier molecular flexibility index (Phi) is 4.93. The molecule has 0 aliphatic carbocycles. The van der Waals surface area contributed by atoms with Gasteiger partial charge in [0.05, 0.1) is 11.3 Å². The summed E-state index contributed by atoms with van der Waals surface area (Å²) in [6.45, 7) is 0.271. The predicted molar refractivity (Wildman–Crippen MR) is 80.0 cm³/mol. The number of rotatable bonds is 2. The molecule has 0 aromatic heterocycles. The summed E-state index contributed by atoms with van der Waals surface area (Å²) in [5.74, 6) is -0.842. The van der Waals surface area contributed by atoms with Crippen LogP contribution in [-0.2, 0) is 20.8 Å². The van der Waals surface area contributed by atoms with Gasteiger partial charge in [-0.15, -0.1) is 0 Å². The van der Waals surface area contributed by atoms with Gasteiger partial charge >= 0.3 is 6.18 Å². The average molecular weight is 345 g/mol. The normalized spacial score (nSPS) is 20.5. The van der Waals surface area contributed by atoms with E-state index in [1.54, 1.807) is 0 Å². The fourth-order valence-electron chi connectivity index (χ4n) is 2.05. The van der Waals surface area contributed by atoms with Crippen LogP contribution in [-0.4, -0.2) is 26.6 Å². The number of carbonyl (C=O) groups excluding carboxylic acids is 1. The lowest BCUT2D eigenvalue weighted by Gasteiger charge is -2.06. The lowest BCUT2D eigenvalue weighted by atomic mass is 10.1. The van der Waals surface area contributed by atoms with Crippen LogP contribution in [0.5, 0.6) is 0 Å². The van der Waals surface area contributed by atoms with E-state index < -0.39 is 27.5 Å². The number of nitrogens with one attached hydrogen (secondary N) is 1. The molecule has 1 amide bonds. The number of benzene rings is 1. The number of halogens is 3. The standard InChI is InChI=1S/C15H14F3NO3S/c16-15(17,18)12-6-1-4-11(10-12)5-2-7-13-14(20)19-8-3-9-23(13,21)22/h1-2,4-7,10H,3,8-9H2,(H,19,20)/b5-2+,13-7+. The van der Waals surface area contributed by atoms with Crippen LogP contribution in [0.4, 0.5) is 13.2 Å². The first kappa shape index (κ1) is 17.3. The molecule has 23 heavy (non-hydrogen) atoms. The maximum absolute atomic E-state index is 12.6. The van der Waals surface area contributed by atoms with Crippen LogP contribution in [0.2, 0.25) is 0 Å². The van der Waals surface area contributed by atoms with Crippen LogP contribution in [0, 0.1) is 0 Å². The Morgan fingerprint density at radius 3 is 2.65 bits per heavy atom. The van der Waals surface area contributed by atoms with Crippen molar-refractivity contribution >= 4 is 21.8 Å². The molecule has 0 unspecified atom stereocenters. The van der Waals surface area contributed by atoms with Crippen LogP contribution in [0.25, 0.3) is 6.08 Å². The number of hydrogen-bond donors (Lipinski definition) is 1. The summed E-state index contributed by atoms with van der Waals surface area (Å²) in [6.07, 6.45) is -0.449. The van der Waals surface area contributed by atoms with Crippen LogP contribution >= 0.6 is 0 Å². The third-order valence-electron chi connectivity index (χ3n) is 3.18. The van der Waals surface area contributed by atoms with E-state index >= 15 is 0 Å². The van der Waals surface area contributed by atoms with Gasteiger partial charge in [-0.1, -0.05) is 24.3 Å². The third-order valence-corrected chi connectivity index (χ3v) is 5.00. The molecule has 0 atom stereocenters. The van der Waals surface area contributed by atoms with E-state index in [4.69, 9.17) is 0 Å². The fourth-order valence-corrected chi connectivity index (χ4v) is 3.43. The molecule has 1 aromatic rings. The van der Waals surface area contributed by atoms with E-state index in [9.17, 15) is 26.4 Å². The molecule has 0 spiro atoms. The smallest absolute Gasteiger partial charge is 0.351 e. The van der Waals surface area contributed by atoms with Gasteiger partial charge in [0.15, 0.2) is 9.84 Å². The Morgan fingerprint density at radius 1 is 1.22 bits per heavy atom. The van der Waals surface area contributed by atoms with Crippen molar-refractivity contribution in [2.24, 2.45) is 0 Å². The molecule has 0 bridgehead atoms. The van der Waals surface area contributed by atoms with Gasteiger partial charge in [0.25, 0.3) is 5.91 Å². The molecule has 1 aliphatic heterocycles. The summed E-state index contributed by atoms with van der Waals surface area (Å²) in [5, 5.41) is 2.46. The second-order valence-electron chi connectivity index (χ2n) is 4.94. The Labute approximate surface area is 131 Å². The Hall–Kier alpha value is -2.09. The zero-order chi connectivity index (χ0) is 17.1. The molecule has 1 heterocycles. The molecule has 8 heteroatoms. The molecular formula is C15H14F3NO3S. The molecule has 1 fully saturated rings. The highest BCUT2D eigenvalue weighted by Crippen LogP contribution is 2.29. The zero-order valence-electron chi connectivity index (χ0n) is 11.9. The highest BCUT2D eigenvalue weighted by molar-refractivity contribution is 7.96. The van der Waals surface area contributed by atoms with E-state index in [-0.39, 0.29) is 22.8 Å². The summed E-state index contributed by atoms with van der Waals surface area (Å²) in [7, 11) is -3.68. The zero-order valence-corrected chi connectivity index (χ0v) is 12.7. The quantitative estimate of drug-likeness (QED) is 0.838. The van der Waals surface area contributed by atoms with Crippen molar-refractivity contribution in [3.8, 4) is 0 Å². The summed E-state index contributed by atoms with van der Waals surface area (Å²) in [4.78, 5) is 11.3. The van der Waals surface area contributed by atoms with Crippen molar-refractivity contribution in [3.05, 3.63) is 52.4 Å². The van der Waals surface area contributed by atoms with Crippen LogP contribution in [0.1, 0.15) is 17.5 Å². The Bertz CT molecular complexity index is 764. The van der Waals surface area contributed by atoms with E-state index in [2.05, 4.69) is 5.32 Å². The van der Waals surface area contributed by atoms with Gasteiger partial charge in [0.2, 0.25) is 0 Å². The predicted octanol–water partition coefficient (Wildman–Crippen LogP) is 2.54. The number of allylic oxidation sites excluding steroid dienone is 2. The highest BCUT2D eigenvalue weighted by Gasteiger charge is 2.30. The summed E-state index contributed by atoms with van der Waals surface area (Å²) < 4.78 is 61.7. The van der Waals surface area contributed by atoms with Crippen molar-refractivity contribution in [2.75, 3.05) is 12.3 Å². The highest BCUT2D eigenvalue weighted by atomic mass is 32.2. The molecule has 0 saturated carbocycles. The molecule has 1 N–H and O–H groups in total. The Balaban J connectivity index is 2.28. The SMILES string of the molecule is O=C1NCCCS(=O)(=O)/C1=C/C=C/c1cccc(C(F)(F)F)c1. The largest absolute Gasteiger partial charge is 0.416 e. The first-order chi connectivity index (χ1) is 10.7. The average Bonchev–Trinajstić information content (AvgIpc) is 2.58. The van der Waals surface area contributed by atoms with E-state index in [0.717, 1.165) is 18.2 Å². The molecule has 124 valence electrons. The second-order valence-corrected chi connectivity index (χ2v) is 7.02. The number of amides is 1. The number of alkyl halides is 3. The van der Waals surface area contributed by atoms with Gasteiger partial charge in [-0.25, -0.2) is 8.42 Å². The summed E-state index contributed by atoms with van der Waals surface area (Å²) in [5.41, 5.74) is -0.546. The number of sulfone groups is 1. The lowest BCUT2D eigenvalue weighted by molar-refractivity contribution is -0.137. The minimum Gasteiger partial charge on any atom is -0.351 e. The molecule has 1 aliphatic rings. The van der Waals surface area contributed by atoms with E-state index in [1.807, 2.05) is 0 Å². The molecule has 0 radical (unpaired) electrons. The van der Waals surface area contributed by atoms with Crippen molar-refractivity contribution in [1.29, 1.82) is 0 Å². The molecule has 4 nitrogen and oxygen atoms in total. The minimum atomic E-state index is -4.45. The second kappa shape index (κ2) is 6.57. The number of carbonyl (C=O) groups is 1. The van der Waals surface area contributed by atoms with Gasteiger partial charge in [0.1, 0.15) is 4.91 Å². The Morgan fingerprint density at radius 2 is 1.96 bits per heavy atom. The van der Waals surface area contributed by atoms with Crippen molar-refractivity contribution in [2.45, 2.75) is 12.6 Å². The van der Waals surface area contributed by atoms with Gasteiger partial charge in [-0.2, -0.15) is 13.2 Å². The van der Waals surface area contributed by atoms with Gasteiger partial charge in [0, 0.05) is 6.54 Å². The van der Waals surface area contributed by atoms with Crippen LogP contribution in [0.3, 0.4) is 0 Å². The lowest BCUT2D eigenvalue weighted by Crippen LogP contribution is -2.25. The fraction of sp³-hybridized carbons (Fsp3) is 0.267. The maximum Gasteiger partial charge on any atom is 0.416 e. The molecule has 1 saturated heterocycles. The molecule has 2 rings (SSSR count). The topological polar surface area (TPSA) is 63.2 Å². The van der Waals surface area contributed by atoms with Crippen molar-refractivity contribution in [1.82, 2.24) is 5.32 Å². The number of hydrogen-bond acceptors (Lipinski definition) is 3. The third kappa shape index (κ3) is 4.44.